The van der Waals surface area contributed by atoms with Crippen molar-refractivity contribution in [3.8, 4) is 10.4 Å². The van der Waals surface area contributed by atoms with E-state index < -0.39 is 6.10 Å². The van der Waals surface area contributed by atoms with Crippen LogP contribution in [-0.2, 0) is 11.3 Å². The van der Waals surface area contributed by atoms with E-state index in [0.29, 0.717) is 19.5 Å². The molecule has 2 aromatic rings. The van der Waals surface area contributed by atoms with Crippen molar-refractivity contribution >= 4 is 17.2 Å². The van der Waals surface area contributed by atoms with Crippen LogP contribution >= 0.6 is 11.3 Å². The fourth-order valence-electron chi connectivity index (χ4n) is 2.88. The Bertz CT molecular complexity index is 714. The van der Waals surface area contributed by atoms with E-state index >= 15 is 0 Å². The number of hydrogen-bond donors (Lipinski definition) is 3. The molecule has 0 unspecified atom stereocenters. The topological polar surface area (TPSA) is 74.2 Å². The average Bonchev–Trinajstić information content (AvgIpc) is 3.14. The van der Waals surface area contributed by atoms with Crippen LogP contribution in [0.3, 0.4) is 0 Å². The van der Waals surface area contributed by atoms with Crippen LogP contribution in [0.4, 0.5) is 0 Å². The van der Waals surface area contributed by atoms with Gasteiger partial charge in [-0.2, -0.15) is 0 Å². The van der Waals surface area contributed by atoms with Gasteiger partial charge in [0.2, 0.25) is 5.91 Å². The van der Waals surface area contributed by atoms with Gasteiger partial charge >= 0.3 is 0 Å². The third kappa shape index (κ3) is 3.60. The molecule has 6 heteroatoms. The fourth-order valence-corrected chi connectivity index (χ4v) is 3.78. The molecule has 3 rings (SSSR count). The number of hydrogen-bond acceptors (Lipinski definition) is 5. The Morgan fingerprint density at radius 3 is 2.91 bits per heavy atom. The maximum atomic E-state index is 12.1. The van der Waals surface area contributed by atoms with Gasteiger partial charge in [-0.1, -0.05) is 18.2 Å². The second-order valence-electron chi connectivity index (χ2n) is 5.98. The standard InChI is InChI=1S/C17H21N3O2S/c1-10-5-12(3-4-14(10)16-11(2)20-9-23-16)7-19-17(22)15-6-13(21)8-18-15/h3-5,9,13,15,18,21H,6-8H2,1-2H3,(H,19,22)/t13-,15+/m1/s1. The number of nitrogens with one attached hydrogen (secondary N) is 2. The van der Waals surface area contributed by atoms with Crippen molar-refractivity contribution in [2.75, 3.05) is 6.54 Å². The van der Waals surface area contributed by atoms with E-state index in [0.717, 1.165) is 11.3 Å². The zero-order valence-corrected chi connectivity index (χ0v) is 14.1. The highest BCUT2D eigenvalue weighted by atomic mass is 32.1. The van der Waals surface area contributed by atoms with Crippen molar-refractivity contribution in [3.05, 3.63) is 40.5 Å². The minimum atomic E-state index is -0.421. The number of aliphatic hydroxyl groups is 1. The zero-order chi connectivity index (χ0) is 16.4. The molecule has 1 aliphatic rings. The molecule has 0 radical (unpaired) electrons. The van der Waals surface area contributed by atoms with Gasteiger partial charge in [0, 0.05) is 13.1 Å². The lowest BCUT2D eigenvalue weighted by molar-refractivity contribution is -0.123. The second-order valence-corrected chi connectivity index (χ2v) is 6.84. The molecule has 23 heavy (non-hydrogen) atoms. The molecule has 1 saturated heterocycles. The minimum absolute atomic E-state index is 0.0541. The molecule has 0 aliphatic carbocycles. The normalized spacial score (nSPS) is 20.7. The molecule has 3 N–H and O–H groups in total. The Morgan fingerprint density at radius 1 is 1.48 bits per heavy atom. The van der Waals surface area contributed by atoms with E-state index in [1.165, 1.54) is 16.0 Å². The first kappa shape index (κ1) is 16.1. The summed E-state index contributed by atoms with van der Waals surface area (Å²) >= 11 is 1.65. The lowest BCUT2D eigenvalue weighted by atomic mass is 10.0. The minimum Gasteiger partial charge on any atom is -0.392 e. The van der Waals surface area contributed by atoms with Gasteiger partial charge in [-0.25, -0.2) is 4.98 Å². The van der Waals surface area contributed by atoms with Crippen molar-refractivity contribution in [1.29, 1.82) is 0 Å². The van der Waals surface area contributed by atoms with Crippen LogP contribution in [0, 0.1) is 13.8 Å². The van der Waals surface area contributed by atoms with Crippen LogP contribution in [0.1, 0.15) is 23.2 Å². The molecule has 0 spiro atoms. The monoisotopic (exact) mass is 331 g/mol. The number of nitrogens with zero attached hydrogens (tertiary/aromatic N) is 1. The smallest absolute Gasteiger partial charge is 0.237 e. The van der Waals surface area contributed by atoms with Crippen LogP contribution in [0.5, 0.6) is 0 Å². The van der Waals surface area contributed by atoms with Gasteiger partial charge in [0.25, 0.3) is 0 Å². The molecule has 1 aromatic carbocycles. The summed E-state index contributed by atoms with van der Waals surface area (Å²) in [5, 5.41) is 15.4. The Morgan fingerprint density at radius 2 is 2.30 bits per heavy atom. The number of thiazole rings is 1. The molecule has 1 aliphatic heterocycles. The molecular weight excluding hydrogens is 310 g/mol. The van der Waals surface area contributed by atoms with Crippen LogP contribution in [0.2, 0.25) is 0 Å². The van der Waals surface area contributed by atoms with Gasteiger partial charge in [-0.15, -0.1) is 11.3 Å². The van der Waals surface area contributed by atoms with Crippen molar-refractivity contribution in [2.24, 2.45) is 0 Å². The Balaban J connectivity index is 1.64. The molecule has 2 heterocycles. The van der Waals surface area contributed by atoms with E-state index in [-0.39, 0.29) is 11.9 Å². The highest BCUT2D eigenvalue weighted by Crippen LogP contribution is 2.30. The number of carbonyl (C=O) groups is 1. The quantitative estimate of drug-likeness (QED) is 0.798. The number of aromatic nitrogens is 1. The third-order valence-corrected chi connectivity index (χ3v) is 5.13. The summed E-state index contributed by atoms with van der Waals surface area (Å²) in [6.07, 6.45) is 0.0592. The third-order valence-electron chi connectivity index (χ3n) is 4.17. The highest BCUT2D eigenvalue weighted by molar-refractivity contribution is 7.13. The van der Waals surface area contributed by atoms with E-state index in [2.05, 4.69) is 34.7 Å². The molecule has 0 bridgehead atoms. The summed E-state index contributed by atoms with van der Waals surface area (Å²) in [6.45, 7) is 5.08. The molecule has 1 aromatic heterocycles. The van der Waals surface area contributed by atoms with Gasteiger partial charge in [-0.3, -0.25) is 4.79 Å². The first-order chi connectivity index (χ1) is 11.0. The van der Waals surface area contributed by atoms with E-state index in [4.69, 9.17) is 0 Å². The van der Waals surface area contributed by atoms with Gasteiger partial charge in [0.15, 0.2) is 0 Å². The molecule has 1 amide bonds. The fraction of sp³-hybridized carbons (Fsp3) is 0.412. The Kier molecular flexibility index (Phi) is 4.75. The Labute approximate surface area is 139 Å². The van der Waals surface area contributed by atoms with Gasteiger partial charge in [-0.05, 0) is 37.0 Å². The molecule has 0 saturated carbocycles. The first-order valence-electron chi connectivity index (χ1n) is 7.73. The summed E-state index contributed by atoms with van der Waals surface area (Å²) in [7, 11) is 0. The van der Waals surface area contributed by atoms with Crippen molar-refractivity contribution in [3.63, 3.8) is 0 Å². The van der Waals surface area contributed by atoms with Crippen molar-refractivity contribution in [1.82, 2.24) is 15.6 Å². The number of aliphatic hydroxyl groups excluding tert-OH is 1. The van der Waals surface area contributed by atoms with Gasteiger partial charge in [0.1, 0.15) is 0 Å². The van der Waals surface area contributed by atoms with E-state index in [9.17, 15) is 9.90 Å². The van der Waals surface area contributed by atoms with Gasteiger partial charge < -0.3 is 15.7 Å². The maximum Gasteiger partial charge on any atom is 0.237 e. The van der Waals surface area contributed by atoms with Crippen LogP contribution in [-0.4, -0.2) is 34.7 Å². The summed E-state index contributed by atoms with van der Waals surface area (Å²) in [5.41, 5.74) is 6.35. The number of rotatable bonds is 4. The summed E-state index contributed by atoms with van der Waals surface area (Å²) in [6, 6.07) is 5.95. The molecule has 2 atom stereocenters. The second kappa shape index (κ2) is 6.78. The lowest BCUT2D eigenvalue weighted by Gasteiger charge is -2.12. The average molecular weight is 331 g/mol. The van der Waals surface area contributed by atoms with Crippen LogP contribution < -0.4 is 10.6 Å². The number of amides is 1. The number of carbonyl (C=O) groups excluding carboxylic acids is 1. The molecule has 5 nitrogen and oxygen atoms in total. The number of benzene rings is 1. The predicted octanol–water partition coefficient (Wildman–Crippen LogP) is 1.77. The number of β-amino-alcohol motifs (C(OH)–C–C–N with tert-alkyl or cyclic N) is 1. The lowest BCUT2D eigenvalue weighted by Crippen LogP contribution is -2.40. The van der Waals surface area contributed by atoms with Crippen molar-refractivity contribution < 1.29 is 9.90 Å². The van der Waals surface area contributed by atoms with Crippen LogP contribution in [0.15, 0.2) is 23.7 Å². The maximum absolute atomic E-state index is 12.1. The summed E-state index contributed by atoms with van der Waals surface area (Å²) in [4.78, 5) is 17.6. The van der Waals surface area contributed by atoms with Gasteiger partial charge in [0.05, 0.1) is 28.2 Å². The molecule has 122 valence electrons. The Hall–Kier alpha value is -1.76. The zero-order valence-electron chi connectivity index (χ0n) is 13.3. The summed E-state index contributed by atoms with van der Waals surface area (Å²) < 4.78 is 0. The first-order valence-corrected chi connectivity index (χ1v) is 8.61. The number of aryl methyl sites for hydroxylation is 2. The summed E-state index contributed by atoms with van der Waals surface area (Å²) in [5.74, 6) is -0.0541. The van der Waals surface area contributed by atoms with Crippen LogP contribution in [0.25, 0.3) is 10.4 Å². The van der Waals surface area contributed by atoms with E-state index in [1.807, 2.05) is 18.5 Å². The molecular formula is C17H21N3O2S. The highest BCUT2D eigenvalue weighted by Gasteiger charge is 2.27. The van der Waals surface area contributed by atoms with E-state index in [1.54, 1.807) is 11.3 Å². The molecule has 1 fully saturated rings. The largest absolute Gasteiger partial charge is 0.392 e. The SMILES string of the molecule is Cc1cc(CNC(=O)[C@@H]2C[C@@H](O)CN2)ccc1-c1scnc1C. The predicted molar refractivity (Wildman–Crippen MR) is 91.3 cm³/mol. The van der Waals surface area contributed by atoms with Crippen molar-refractivity contribution in [2.45, 2.75) is 39.0 Å².